The molecular weight excluding hydrogens is 370 g/mol. The molecule has 0 atom stereocenters. The third-order valence-electron chi connectivity index (χ3n) is 5.39. The fourth-order valence-corrected chi connectivity index (χ4v) is 3.57. The summed E-state index contributed by atoms with van der Waals surface area (Å²) in [5.74, 6) is 0.0983. The van der Waals surface area contributed by atoms with Gasteiger partial charge in [0.05, 0.1) is 0 Å². The van der Waals surface area contributed by atoms with Crippen LogP contribution in [0.5, 0.6) is 0 Å². The summed E-state index contributed by atoms with van der Waals surface area (Å²) in [5.41, 5.74) is 1.20. The highest BCUT2D eigenvalue weighted by molar-refractivity contribution is 5.94. The van der Waals surface area contributed by atoms with Gasteiger partial charge in [-0.15, -0.1) is 0 Å². The van der Waals surface area contributed by atoms with E-state index >= 15 is 0 Å². The van der Waals surface area contributed by atoms with Crippen LogP contribution in [0.3, 0.4) is 0 Å². The second-order valence-corrected chi connectivity index (χ2v) is 7.44. The van der Waals surface area contributed by atoms with E-state index in [-0.39, 0.29) is 17.2 Å². The summed E-state index contributed by atoms with van der Waals surface area (Å²) in [5, 5.41) is 3.95. The number of carbonyl (C=O) groups excluding carboxylic acids is 1. The predicted molar refractivity (Wildman–Crippen MR) is 111 cm³/mol. The van der Waals surface area contributed by atoms with Crippen LogP contribution in [0.25, 0.3) is 0 Å². The van der Waals surface area contributed by atoms with Crippen molar-refractivity contribution in [2.45, 2.75) is 39.8 Å². The van der Waals surface area contributed by atoms with E-state index in [0.717, 1.165) is 56.7 Å². The van der Waals surface area contributed by atoms with Gasteiger partial charge in [-0.1, -0.05) is 17.7 Å². The maximum absolute atomic E-state index is 12.6. The topological polar surface area (TPSA) is 80.4 Å². The van der Waals surface area contributed by atoms with Gasteiger partial charge in [-0.25, -0.2) is 9.48 Å². The van der Waals surface area contributed by atoms with Crippen molar-refractivity contribution in [3.05, 3.63) is 62.4 Å². The van der Waals surface area contributed by atoms with Crippen LogP contribution in [0.1, 0.15) is 35.7 Å². The molecule has 0 unspecified atom stereocenters. The molecule has 8 nitrogen and oxygen atoms in total. The van der Waals surface area contributed by atoms with Gasteiger partial charge in [-0.05, 0) is 45.4 Å². The van der Waals surface area contributed by atoms with Crippen molar-refractivity contribution in [2.75, 3.05) is 32.7 Å². The SMILES string of the molecule is CCn1c(=O)cnn(CCCCN2CCN(C(=O)c3ccc(C)cc3)CC2)c1=O. The van der Waals surface area contributed by atoms with Crippen molar-refractivity contribution in [2.24, 2.45) is 0 Å². The third kappa shape index (κ3) is 5.20. The zero-order valence-corrected chi connectivity index (χ0v) is 17.2. The van der Waals surface area contributed by atoms with Crippen LogP contribution in [0, 0.1) is 6.92 Å². The van der Waals surface area contributed by atoms with Gasteiger partial charge in [-0.3, -0.25) is 19.1 Å². The molecule has 1 saturated heterocycles. The average Bonchev–Trinajstić information content (AvgIpc) is 2.73. The third-order valence-corrected chi connectivity index (χ3v) is 5.39. The lowest BCUT2D eigenvalue weighted by molar-refractivity contribution is 0.0635. The molecule has 3 rings (SSSR count). The standard InChI is InChI=1S/C21H29N5O3/c1-3-25-19(27)16-22-26(21(25)29)11-5-4-10-23-12-14-24(15-13-23)20(28)18-8-6-17(2)7-9-18/h6-9,16H,3-5,10-15H2,1-2H3. The second-order valence-electron chi connectivity index (χ2n) is 7.44. The average molecular weight is 399 g/mol. The van der Waals surface area contributed by atoms with Crippen LogP contribution in [0.4, 0.5) is 0 Å². The van der Waals surface area contributed by atoms with E-state index in [2.05, 4.69) is 10.00 Å². The van der Waals surface area contributed by atoms with Crippen LogP contribution < -0.4 is 11.2 Å². The minimum atomic E-state index is -0.355. The lowest BCUT2D eigenvalue weighted by Crippen LogP contribution is -2.48. The number of unbranched alkanes of at least 4 members (excludes halogenated alkanes) is 1. The van der Waals surface area contributed by atoms with Gasteiger partial charge in [-0.2, -0.15) is 5.10 Å². The van der Waals surface area contributed by atoms with E-state index in [1.54, 1.807) is 6.92 Å². The number of piperazine rings is 1. The lowest BCUT2D eigenvalue weighted by atomic mass is 10.1. The van der Waals surface area contributed by atoms with Crippen molar-refractivity contribution in [3.63, 3.8) is 0 Å². The molecule has 2 aromatic rings. The summed E-state index contributed by atoms with van der Waals surface area (Å²) < 4.78 is 2.56. The van der Waals surface area contributed by atoms with Crippen LogP contribution >= 0.6 is 0 Å². The Morgan fingerprint density at radius 3 is 2.31 bits per heavy atom. The molecule has 0 bridgehead atoms. The Balaban J connectivity index is 1.41. The number of hydrogen-bond acceptors (Lipinski definition) is 5. The first-order chi connectivity index (χ1) is 14.0. The molecule has 1 aliphatic rings. The van der Waals surface area contributed by atoms with E-state index < -0.39 is 0 Å². The highest BCUT2D eigenvalue weighted by atomic mass is 16.2. The molecule has 2 heterocycles. The van der Waals surface area contributed by atoms with E-state index in [0.29, 0.717) is 13.1 Å². The summed E-state index contributed by atoms with van der Waals surface area (Å²) in [4.78, 5) is 40.6. The smallest absolute Gasteiger partial charge is 0.336 e. The minimum Gasteiger partial charge on any atom is -0.336 e. The van der Waals surface area contributed by atoms with Crippen molar-refractivity contribution in [1.29, 1.82) is 0 Å². The van der Waals surface area contributed by atoms with Gasteiger partial charge in [0.25, 0.3) is 11.5 Å². The number of rotatable bonds is 7. The molecule has 0 spiro atoms. The van der Waals surface area contributed by atoms with Crippen LogP contribution in [-0.2, 0) is 13.1 Å². The molecule has 1 aliphatic heterocycles. The van der Waals surface area contributed by atoms with E-state index in [1.165, 1.54) is 15.4 Å². The van der Waals surface area contributed by atoms with E-state index in [4.69, 9.17) is 0 Å². The number of benzene rings is 1. The van der Waals surface area contributed by atoms with Crippen molar-refractivity contribution in [3.8, 4) is 0 Å². The first kappa shape index (κ1) is 21.0. The molecule has 8 heteroatoms. The maximum atomic E-state index is 12.6. The molecule has 1 fully saturated rings. The molecule has 1 aromatic heterocycles. The number of amides is 1. The predicted octanol–water partition coefficient (Wildman–Crippen LogP) is 0.972. The normalized spacial score (nSPS) is 14.9. The number of hydrogen-bond donors (Lipinski definition) is 0. The Labute approximate surface area is 170 Å². The molecule has 1 aromatic carbocycles. The first-order valence-corrected chi connectivity index (χ1v) is 10.2. The summed E-state index contributed by atoms with van der Waals surface area (Å²) in [6.07, 6.45) is 2.96. The van der Waals surface area contributed by atoms with E-state index in [9.17, 15) is 14.4 Å². The van der Waals surface area contributed by atoms with Gasteiger partial charge in [0.15, 0.2) is 0 Å². The molecule has 0 N–H and O–H groups in total. The van der Waals surface area contributed by atoms with Gasteiger partial charge < -0.3 is 4.90 Å². The van der Waals surface area contributed by atoms with Gasteiger partial charge in [0, 0.05) is 44.8 Å². The van der Waals surface area contributed by atoms with Crippen molar-refractivity contribution >= 4 is 5.91 Å². The quantitative estimate of drug-likeness (QED) is 0.648. The Bertz CT molecular complexity index is 940. The highest BCUT2D eigenvalue weighted by Gasteiger charge is 2.21. The van der Waals surface area contributed by atoms with Crippen molar-refractivity contribution < 1.29 is 4.79 Å². The fourth-order valence-electron chi connectivity index (χ4n) is 3.57. The van der Waals surface area contributed by atoms with E-state index in [1.807, 2.05) is 36.1 Å². The van der Waals surface area contributed by atoms with Crippen LogP contribution in [-0.4, -0.2) is 62.8 Å². The Morgan fingerprint density at radius 2 is 1.66 bits per heavy atom. The Morgan fingerprint density at radius 1 is 1.00 bits per heavy atom. The van der Waals surface area contributed by atoms with Crippen LogP contribution in [0.15, 0.2) is 40.1 Å². The summed E-state index contributed by atoms with van der Waals surface area (Å²) >= 11 is 0. The summed E-state index contributed by atoms with van der Waals surface area (Å²) in [6, 6.07) is 7.72. The molecule has 29 heavy (non-hydrogen) atoms. The number of aryl methyl sites for hydroxylation is 2. The van der Waals surface area contributed by atoms with Crippen LogP contribution in [0.2, 0.25) is 0 Å². The second kappa shape index (κ2) is 9.65. The summed E-state index contributed by atoms with van der Waals surface area (Å²) in [7, 11) is 0. The first-order valence-electron chi connectivity index (χ1n) is 10.2. The highest BCUT2D eigenvalue weighted by Crippen LogP contribution is 2.10. The molecular formula is C21H29N5O3. The zero-order chi connectivity index (χ0) is 20.8. The Kier molecular flexibility index (Phi) is 6.98. The molecule has 1 amide bonds. The fraction of sp³-hybridized carbons (Fsp3) is 0.524. The minimum absolute atomic E-state index is 0.0983. The molecule has 0 aliphatic carbocycles. The number of nitrogens with zero attached hydrogens (tertiary/aromatic N) is 5. The molecule has 156 valence electrons. The largest absolute Gasteiger partial charge is 0.347 e. The number of carbonyl (C=O) groups is 1. The monoisotopic (exact) mass is 399 g/mol. The van der Waals surface area contributed by atoms with Gasteiger partial charge in [0.2, 0.25) is 0 Å². The Hall–Kier alpha value is -2.74. The zero-order valence-electron chi connectivity index (χ0n) is 17.2. The summed E-state index contributed by atoms with van der Waals surface area (Å²) in [6.45, 7) is 8.75. The maximum Gasteiger partial charge on any atom is 0.347 e. The van der Waals surface area contributed by atoms with Gasteiger partial charge >= 0.3 is 5.69 Å². The van der Waals surface area contributed by atoms with Crippen molar-refractivity contribution in [1.82, 2.24) is 24.1 Å². The number of aromatic nitrogens is 3. The molecule has 0 saturated carbocycles. The van der Waals surface area contributed by atoms with Gasteiger partial charge in [0.1, 0.15) is 6.20 Å². The lowest BCUT2D eigenvalue weighted by Gasteiger charge is -2.34. The molecule has 0 radical (unpaired) electrons.